The number of hydrogen-bond donors (Lipinski definition) is 1. The Morgan fingerprint density at radius 1 is 1.15 bits per heavy atom. The van der Waals surface area contributed by atoms with Gasteiger partial charge in [-0.25, -0.2) is 9.97 Å². The molecule has 1 amide bonds. The van der Waals surface area contributed by atoms with Gasteiger partial charge < -0.3 is 10.2 Å². The molecule has 0 radical (unpaired) electrons. The van der Waals surface area contributed by atoms with Crippen molar-refractivity contribution in [1.29, 1.82) is 0 Å². The first-order valence-corrected chi connectivity index (χ1v) is 8.88. The molecule has 2 aromatic carbocycles. The van der Waals surface area contributed by atoms with Crippen LogP contribution in [-0.2, 0) is 10.3 Å². The number of carbonyl (C=O) groups is 1. The van der Waals surface area contributed by atoms with E-state index in [1.165, 1.54) is 10.8 Å². The second kappa shape index (κ2) is 6.50. The molecule has 1 N–H and O–H groups in total. The van der Waals surface area contributed by atoms with Gasteiger partial charge in [0.25, 0.3) is 0 Å². The average molecular weight is 346 g/mol. The van der Waals surface area contributed by atoms with Gasteiger partial charge in [-0.2, -0.15) is 0 Å². The van der Waals surface area contributed by atoms with E-state index in [0.717, 1.165) is 24.2 Å². The molecule has 5 heteroatoms. The fraction of sp³-hybridized carbons (Fsp3) is 0.286. The molecule has 26 heavy (non-hydrogen) atoms. The Labute approximate surface area is 153 Å². The predicted molar refractivity (Wildman–Crippen MR) is 103 cm³/mol. The third-order valence-corrected chi connectivity index (χ3v) is 5.36. The Kier molecular flexibility index (Phi) is 4.17. The summed E-state index contributed by atoms with van der Waals surface area (Å²) in [5, 5.41) is 5.75. The summed E-state index contributed by atoms with van der Waals surface area (Å²) in [4.78, 5) is 23.2. The lowest BCUT2D eigenvalue weighted by atomic mass is 9.94. The number of fused-ring (bicyclic) bond motifs is 1. The topological polar surface area (TPSA) is 58.1 Å². The zero-order chi connectivity index (χ0) is 18.1. The molecule has 1 atom stereocenters. The number of hydrogen-bond acceptors (Lipinski definition) is 4. The Hall–Kier alpha value is -2.79. The standard InChI is InChI=1S/C21H22N4O/c1-15(26)25(2)21(10-12-22-14-21)20-23-11-9-19(24-20)18-8-7-16-5-3-4-6-17(16)13-18/h3-9,11,13,22H,10,12,14H2,1-2H3/t21-/m0/s1. The Morgan fingerprint density at radius 3 is 2.69 bits per heavy atom. The van der Waals surface area contributed by atoms with E-state index < -0.39 is 5.54 Å². The van der Waals surface area contributed by atoms with Crippen LogP contribution in [0.4, 0.5) is 0 Å². The SMILES string of the molecule is CC(=O)N(C)[C@@]1(c2nccc(-c3ccc4ccccc4c3)n2)CCNC1. The normalized spacial score (nSPS) is 19.6. The van der Waals surface area contributed by atoms with Gasteiger partial charge in [0, 0.05) is 32.3 Å². The van der Waals surface area contributed by atoms with E-state index in [4.69, 9.17) is 4.98 Å². The zero-order valence-electron chi connectivity index (χ0n) is 15.1. The van der Waals surface area contributed by atoms with Crippen molar-refractivity contribution in [2.24, 2.45) is 0 Å². The van der Waals surface area contributed by atoms with Crippen molar-refractivity contribution in [1.82, 2.24) is 20.2 Å². The van der Waals surface area contributed by atoms with Crippen LogP contribution in [0.15, 0.2) is 54.7 Å². The number of nitrogens with zero attached hydrogens (tertiary/aromatic N) is 3. The summed E-state index contributed by atoms with van der Waals surface area (Å²) in [7, 11) is 1.83. The number of nitrogens with one attached hydrogen (secondary N) is 1. The predicted octanol–water partition coefficient (Wildman–Crippen LogP) is 2.96. The van der Waals surface area contributed by atoms with Crippen molar-refractivity contribution in [3.63, 3.8) is 0 Å². The minimum atomic E-state index is -0.487. The van der Waals surface area contributed by atoms with Crippen LogP contribution in [0.25, 0.3) is 22.0 Å². The Bertz CT molecular complexity index is 963. The summed E-state index contributed by atoms with van der Waals surface area (Å²) >= 11 is 0. The number of benzene rings is 2. The molecule has 1 fully saturated rings. The van der Waals surface area contributed by atoms with Gasteiger partial charge in [0.1, 0.15) is 5.54 Å². The van der Waals surface area contributed by atoms with Gasteiger partial charge in [-0.05, 0) is 35.9 Å². The van der Waals surface area contributed by atoms with Crippen molar-refractivity contribution in [2.45, 2.75) is 18.9 Å². The van der Waals surface area contributed by atoms with Crippen LogP contribution >= 0.6 is 0 Å². The Morgan fingerprint density at radius 2 is 1.96 bits per heavy atom. The molecular formula is C21H22N4O. The number of aromatic nitrogens is 2. The first-order valence-electron chi connectivity index (χ1n) is 8.88. The molecule has 4 rings (SSSR count). The molecular weight excluding hydrogens is 324 g/mol. The van der Waals surface area contributed by atoms with Crippen LogP contribution in [0.5, 0.6) is 0 Å². The third kappa shape index (κ3) is 2.74. The summed E-state index contributed by atoms with van der Waals surface area (Å²) in [6.07, 6.45) is 2.60. The molecule has 0 bridgehead atoms. The van der Waals surface area contributed by atoms with E-state index in [1.54, 1.807) is 18.0 Å². The highest BCUT2D eigenvalue weighted by atomic mass is 16.2. The van der Waals surface area contributed by atoms with Gasteiger partial charge in [0.05, 0.1) is 5.69 Å². The fourth-order valence-corrected chi connectivity index (χ4v) is 3.70. The van der Waals surface area contributed by atoms with Gasteiger partial charge in [-0.1, -0.05) is 36.4 Å². The molecule has 0 unspecified atom stereocenters. The van der Waals surface area contributed by atoms with Crippen LogP contribution in [0.2, 0.25) is 0 Å². The van der Waals surface area contributed by atoms with E-state index in [0.29, 0.717) is 12.4 Å². The number of likely N-dealkylation sites (N-methyl/N-ethyl adjacent to an activating group) is 1. The van der Waals surface area contributed by atoms with Gasteiger partial charge >= 0.3 is 0 Å². The summed E-state index contributed by atoms with van der Waals surface area (Å²) < 4.78 is 0. The molecule has 1 aliphatic rings. The summed E-state index contributed by atoms with van der Waals surface area (Å²) in [6.45, 7) is 3.11. The molecule has 0 aliphatic carbocycles. The zero-order valence-corrected chi connectivity index (χ0v) is 15.1. The average Bonchev–Trinajstić information content (AvgIpc) is 3.18. The number of carbonyl (C=O) groups excluding carboxylic acids is 1. The van der Waals surface area contributed by atoms with Gasteiger partial charge in [-0.3, -0.25) is 4.79 Å². The van der Waals surface area contributed by atoms with Crippen molar-refractivity contribution >= 4 is 16.7 Å². The van der Waals surface area contributed by atoms with Crippen molar-refractivity contribution in [3.05, 3.63) is 60.6 Å². The summed E-state index contributed by atoms with van der Waals surface area (Å²) in [5.74, 6) is 0.722. The van der Waals surface area contributed by atoms with Crippen LogP contribution in [-0.4, -0.2) is 40.9 Å². The first-order chi connectivity index (χ1) is 12.6. The van der Waals surface area contributed by atoms with E-state index in [9.17, 15) is 4.79 Å². The second-order valence-corrected chi connectivity index (χ2v) is 6.86. The summed E-state index contributed by atoms with van der Waals surface area (Å²) in [6, 6.07) is 16.6. The lowest BCUT2D eigenvalue weighted by molar-refractivity contribution is -0.133. The molecule has 132 valence electrons. The highest BCUT2D eigenvalue weighted by Crippen LogP contribution is 2.33. The van der Waals surface area contributed by atoms with Crippen LogP contribution in [0, 0.1) is 0 Å². The lowest BCUT2D eigenvalue weighted by Gasteiger charge is -2.36. The monoisotopic (exact) mass is 346 g/mol. The third-order valence-electron chi connectivity index (χ3n) is 5.36. The van der Waals surface area contributed by atoms with Gasteiger partial charge in [0.15, 0.2) is 5.82 Å². The molecule has 0 spiro atoms. The smallest absolute Gasteiger partial charge is 0.220 e. The highest BCUT2D eigenvalue weighted by Gasteiger charge is 2.43. The maximum atomic E-state index is 12.1. The van der Waals surface area contributed by atoms with Crippen molar-refractivity contribution in [2.75, 3.05) is 20.1 Å². The quantitative estimate of drug-likeness (QED) is 0.792. The Balaban J connectivity index is 1.79. The van der Waals surface area contributed by atoms with Gasteiger partial charge in [0.2, 0.25) is 5.91 Å². The van der Waals surface area contributed by atoms with E-state index in [-0.39, 0.29) is 5.91 Å². The lowest BCUT2D eigenvalue weighted by Crippen LogP contribution is -2.49. The maximum absolute atomic E-state index is 12.1. The fourth-order valence-electron chi connectivity index (χ4n) is 3.70. The molecule has 3 aromatic rings. The minimum absolute atomic E-state index is 0.0217. The first kappa shape index (κ1) is 16.7. The van der Waals surface area contributed by atoms with Crippen LogP contribution < -0.4 is 5.32 Å². The molecule has 1 aromatic heterocycles. The molecule has 5 nitrogen and oxygen atoms in total. The molecule has 2 heterocycles. The number of amides is 1. The van der Waals surface area contributed by atoms with Crippen LogP contribution in [0.3, 0.4) is 0 Å². The number of rotatable bonds is 3. The van der Waals surface area contributed by atoms with E-state index in [1.807, 2.05) is 25.2 Å². The molecule has 0 saturated carbocycles. The van der Waals surface area contributed by atoms with Crippen LogP contribution in [0.1, 0.15) is 19.2 Å². The van der Waals surface area contributed by atoms with Crippen molar-refractivity contribution < 1.29 is 4.79 Å². The summed E-state index contributed by atoms with van der Waals surface area (Å²) in [5.41, 5.74) is 1.45. The molecule has 1 aliphatic heterocycles. The van der Waals surface area contributed by atoms with Crippen molar-refractivity contribution in [3.8, 4) is 11.3 Å². The van der Waals surface area contributed by atoms with E-state index >= 15 is 0 Å². The van der Waals surface area contributed by atoms with E-state index in [2.05, 4.69) is 40.6 Å². The highest BCUT2D eigenvalue weighted by molar-refractivity contribution is 5.86. The van der Waals surface area contributed by atoms with Gasteiger partial charge in [-0.15, -0.1) is 0 Å². The maximum Gasteiger partial charge on any atom is 0.220 e. The largest absolute Gasteiger partial charge is 0.332 e. The minimum Gasteiger partial charge on any atom is -0.332 e. The molecule has 1 saturated heterocycles. The second-order valence-electron chi connectivity index (χ2n) is 6.86.